The molecule has 1 heterocycles. The number of hydrogen-bond acceptors (Lipinski definition) is 6. The van der Waals surface area contributed by atoms with E-state index < -0.39 is 34.6 Å². The van der Waals surface area contributed by atoms with Crippen LogP contribution in [0, 0.1) is 0 Å². The molecule has 0 radical (unpaired) electrons. The minimum atomic E-state index is -3.77. The molecule has 1 saturated heterocycles. The van der Waals surface area contributed by atoms with Gasteiger partial charge in [0.2, 0.25) is 16.1 Å². The first kappa shape index (κ1) is 16.2. The number of cyclic esters (lactones) is 1. The Morgan fingerprint density at radius 2 is 2.09 bits per heavy atom. The Morgan fingerprint density at radius 1 is 1.36 bits per heavy atom. The number of esters is 2. The van der Waals surface area contributed by atoms with Crippen LogP contribution in [0.5, 0.6) is 0 Å². The molecule has 1 aromatic rings. The maximum Gasteiger partial charge on any atom is 0.347 e. The summed E-state index contributed by atoms with van der Waals surface area (Å²) >= 11 is 0. The summed E-state index contributed by atoms with van der Waals surface area (Å²) in [4.78, 5) is 22.6. The zero-order valence-electron chi connectivity index (χ0n) is 11.6. The third kappa shape index (κ3) is 4.97. The summed E-state index contributed by atoms with van der Waals surface area (Å²) in [6.45, 7) is -0.354. The molecule has 1 fully saturated rings. The van der Waals surface area contributed by atoms with Gasteiger partial charge in [0.25, 0.3) is 0 Å². The van der Waals surface area contributed by atoms with Gasteiger partial charge in [-0.05, 0) is 11.6 Å². The van der Waals surface area contributed by atoms with E-state index in [1.807, 2.05) is 6.07 Å². The lowest BCUT2D eigenvalue weighted by Crippen LogP contribution is -2.32. The molecule has 7 nitrogen and oxygen atoms in total. The molecule has 1 N–H and O–H groups in total. The first-order chi connectivity index (χ1) is 10.5. The highest BCUT2D eigenvalue weighted by Crippen LogP contribution is 2.10. The molecule has 1 aliphatic rings. The van der Waals surface area contributed by atoms with Crippen LogP contribution in [0.25, 0.3) is 6.08 Å². The van der Waals surface area contributed by atoms with Crippen LogP contribution in [0.15, 0.2) is 35.7 Å². The van der Waals surface area contributed by atoms with Crippen molar-refractivity contribution in [1.29, 1.82) is 0 Å². The number of sulfonamides is 1. The molecule has 118 valence electrons. The monoisotopic (exact) mass is 325 g/mol. The predicted molar refractivity (Wildman–Crippen MR) is 77.9 cm³/mol. The molecule has 0 aromatic heterocycles. The fourth-order valence-corrected chi connectivity index (χ4v) is 2.48. The molecule has 8 heteroatoms. The van der Waals surface area contributed by atoms with E-state index >= 15 is 0 Å². The zero-order valence-corrected chi connectivity index (χ0v) is 12.4. The standard InChI is InChI=1S/C14H15NO6S/c16-13(21-12-6-8-20-14(12)17)10-15-22(18,19)9-7-11-4-2-1-3-5-11/h1-5,7,9,12,15H,6,8,10H2/b9-7+/t12-/m0/s1. The minimum absolute atomic E-state index is 0.197. The summed E-state index contributed by atoms with van der Waals surface area (Å²) < 4.78 is 35.0. The van der Waals surface area contributed by atoms with E-state index in [1.165, 1.54) is 6.08 Å². The number of ether oxygens (including phenoxy) is 2. The van der Waals surface area contributed by atoms with Gasteiger partial charge in [0.1, 0.15) is 6.54 Å². The van der Waals surface area contributed by atoms with E-state index in [4.69, 9.17) is 4.74 Å². The SMILES string of the molecule is O=C(CNS(=O)(=O)/C=C/c1ccccc1)O[C@H]1CCOC1=O. The molecular formula is C14H15NO6S. The number of benzene rings is 1. The summed E-state index contributed by atoms with van der Waals surface area (Å²) in [5.74, 6) is -1.44. The number of nitrogens with one attached hydrogen (secondary N) is 1. The number of carbonyl (C=O) groups excluding carboxylic acids is 2. The second kappa shape index (κ2) is 7.19. The van der Waals surface area contributed by atoms with Gasteiger partial charge in [-0.1, -0.05) is 30.3 Å². The van der Waals surface area contributed by atoms with Crippen molar-refractivity contribution in [2.75, 3.05) is 13.2 Å². The fraction of sp³-hybridized carbons (Fsp3) is 0.286. The van der Waals surface area contributed by atoms with Crippen LogP contribution in [-0.2, 0) is 29.1 Å². The van der Waals surface area contributed by atoms with Crippen molar-refractivity contribution in [2.45, 2.75) is 12.5 Å². The van der Waals surface area contributed by atoms with E-state index in [9.17, 15) is 18.0 Å². The Kier molecular flexibility index (Phi) is 5.29. The molecule has 2 rings (SSSR count). The fourth-order valence-electron chi connectivity index (χ4n) is 1.72. The molecule has 1 aromatic carbocycles. The largest absolute Gasteiger partial charge is 0.463 e. The van der Waals surface area contributed by atoms with Gasteiger partial charge in [-0.15, -0.1) is 0 Å². The smallest absolute Gasteiger partial charge is 0.347 e. The molecule has 22 heavy (non-hydrogen) atoms. The van der Waals surface area contributed by atoms with Crippen LogP contribution in [0.4, 0.5) is 0 Å². The van der Waals surface area contributed by atoms with Crippen molar-refractivity contribution in [3.05, 3.63) is 41.3 Å². The van der Waals surface area contributed by atoms with Crippen molar-refractivity contribution in [1.82, 2.24) is 4.72 Å². The molecule has 0 amide bonds. The lowest BCUT2D eigenvalue weighted by atomic mass is 10.2. The Bertz CT molecular complexity index is 668. The van der Waals surface area contributed by atoms with Gasteiger partial charge in [-0.2, -0.15) is 0 Å². The van der Waals surface area contributed by atoms with Crippen molar-refractivity contribution >= 4 is 28.0 Å². The van der Waals surface area contributed by atoms with Gasteiger partial charge >= 0.3 is 11.9 Å². The number of carbonyl (C=O) groups is 2. The lowest BCUT2D eigenvalue weighted by Gasteiger charge is -2.08. The lowest BCUT2D eigenvalue weighted by molar-refractivity contribution is -0.159. The molecule has 1 aliphatic heterocycles. The first-order valence-electron chi connectivity index (χ1n) is 6.55. The summed E-state index contributed by atoms with van der Waals surface area (Å²) in [7, 11) is -3.77. The summed E-state index contributed by atoms with van der Waals surface area (Å²) in [6, 6.07) is 8.85. The van der Waals surface area contributed by atoms with Gasteiger partial charge < -0.3 is 9.47 Å². The molecule has 0 bridgehead atoms. The Hall–Kier alpha value is -2.19. The predicted octanol–water partition coefficient (Wildman–Crippen LogP) is 0.435. The van der Waals surface area contributed by atoms with Gasteiger partial charge in [0.05, 0.1) is 6.61 Å². The first-order valence-corrected chi connectivity index (χ1v) is 8.10. The molecule has 0 saturated carbocycles. The molecule has 1 atom stereocenters. The van der Waals surface area contributed by atoms with E-state index in [0.29, 0.717) is 5.56 Å². The molecular weight excluding hydrogens is 310 g/mol. The van der Waals surface area contributed by atoms with Gasteiger partial charge in [-0.3, -0.25) is 4.79 Å². The van der Waals surface area contributed by atoms with Crippen LogP contribution in [0.1, 0.15) is 12.0 Å². The van der Waals surface area contributed by atoms with Crippen LogP contribution in [0.3, 0.4) is 0 Å². The van der Waals surface area contributed by atoms with E-state index in [2.05, 4.69) is 9.46 Å². The van der Waals surface area contributed by atoms with Crippen LogP contribution < -0.4 is 4.72 Å². The Morgan fingerprint density at radius 3 is 2.73 bits per heavy atom. The van der Waals surface area contributed by atoms with Crippen LogP contribution in [0.2, 0.25) is 0 Å². The number of rotatable bonds is 6. The summed E-state index contributed by atoms with van der Waals surface area (Å²) in [6.07, 6.45) is 0.740. The highest BCUT2D eigenvalue weighted by molar-refractivity contribution is 7.92. The van der Waals surface area contributed by atoms with Gasteiger partial charge in [0.15, 0.2) is 0 Å². The Balaban J connectivity index is 1.83. The van der Waals surface area contributed by atoms with Crippen molar-refractivity contribution in [2.24, 2.45) is 0 Å². The normalized spacial score (nSPS) is 18.4. The third-order valence-corrected chi connectivity index (χ3v) is 3.86. The van der Waals surface area contributed by atoms with Crippen molar-refractivity contribution < 1.29 is 27.5 Å². The quantitative estimate of drug-likeness (QED) is 0.762. The molecule has 0 spiro atoms. The highest BCUT2D eigenvalue weighted by atomic mass is 32.2. The average Bonchev–Trinajstić information content (AvgIpc) is 2.90. The minimum Gasteiger partial charge on any atom is -0.463 e. The van der Waals surface area contributed by atoms with Crippen LogP contribution in [-0.4, -0.2) is 39.6 Å². The van der Waals surface area contributed by atoms with Crippen molar-refractivity contribution in [3.63, 3.8) is 0 Å². The third-order valence-electron chi connectivity index (χ3n) is 2.82. The van der Waals surface area contributed by atoms with E-state index in [0.717, 1.165) is 5.41 Å². The Labute approximate surface area is 128 Å². The molecule has 0 unspecified atom stereocenters. The van der Waals surface area contributed by atoms with E-state index in [-0.39, 0.29) is 13.0 Å². The second-order valence-electron chi connectivity index (χ2n) is 4.51. The summed E-state index contributed by atoms with van der Waals surface area (Å²) in [5.41, 5.74) is 0.712. The van der Waals surface area contributed by atoms with E-state index in [1.54, 1.807) is 24.3 Å². The maximum atomic E-state index is 11.7. The van der Waals surface area contributed by atoms with Gasteiger partial charge in [0, 0.05) is 11.8 Å². The average molecular weight is 325 g/mol. The second-order valence-corrected chi connectivity index (χ2v) is 6.17. The summed E-state index contributed by atoms with van der Waals surface area (Å²) in [5, 5.41) is 0.958. The maximum absolute atomic E-state index is 11.7. The highest BCUT2D eigenvalue weighted by Gasteiger charge is 2.30. The zero-order chi connectivity index (χ0) is 16.0. The number of hydrogen-bond donors (Lipinski definition) is 1. The van der Waals surface area contributed by atoms with Crippen LogP contribution >= 0.6 is 0 Å². The van der Waals surface area contributed by atoms with Gasteiger partial charge in [-0.25, -0.2) is 17.9 Å². The topological polar surface area (TPSA) is 98.8 Å². The molecule has 0 aliphatic carbocycles. The van der Waals surface area contributed by atoms with Crippen molar-refractivity contribution in [3.8, 4) is 0 Å².